The summed E-state index contributed by atoms with van der Waals surface area (Å²) in [6.45, 7) is 6.85. The molecule has 2 nitrogen and oxygen atoms in total. The summed E-state index contributed by atoms with van der Waals surface area (Å²) in [5.74, 6) is 0.215. The molecule has 0 radical (unpaired) electrons. The largest absolute Gasteiger partial charge is 0.339 e. The van der Waals surface area contributed by atoms with Crippen LogP contribution in [0.5, 0.6) is 0 Å². The number of hydrogen-bond donors (Lipinski definition) is 0. The van der Waals surface area contributed by atoms with Gasteiger partial charge in [0.25, 0.3) is 0 Å². The van der Waals surface area contributed by atoms with Gasteiger partial charge >= 0.3 is 0 Å². The van der Waals surface area contributed by atoms with Gasteiger partial charge in [-0.25, -0.2) is 0 Å². The monoisotopic (exact) mass is 233 g/mol. The molecule has 1 fully saturated rings. The molecule has 12 heavy (non-hydrogen) atoms. The van der Waals surface area contributed by atoms with Crippen LogP contribution in [0, 0.1) is 0 Å². The van der Waals surface area contributed by atoms with Crippen LogP contribution in [0.2, 0.25) is 0 Å². The van der Waals surface area contributed by atoms with Gasteiger partial charge in [-0.2, -0.15) is 0 Å². The molecule has 1 atom stereocenters. The summed E-state index contributed by atoms with van der Waals surface area (Å²) in [6, 6.07) is 0.425. The predicted octanol–water partition coefficient (Wildman–Crippen LogP) is 2.17. The van der Waals surface area contributed by atoms with E-state index in [4.69, 9.17) is 0 Å². The summed E-state index contributed by atoms with van der Waals surface area (Å²) in [4.78, 5) is 13.7. The van der Waals surface area contributed by atoms with Crippen molar-refractivity contribution in [3.63, 3.8) is 0 Å². The molecule has 0 spiro atoms. The van der Waals surface area contributed by atoms with Gasteiger partial charge in [-0.15, -0.1) is 0 Å². The van der Waals surface area contributed by atoms with Crippen molar-refractivity contribution in [2.45, 2.75) is 44.0 Å². The van der Waals surface area contributed by atoms with E-state index in [-0.39, 0.29) is 5.91 Å². The fourth-order valence-corrected chi connectivity index (χ4v) is 1.80. The minimum absolute atomic E-state index is 0.215. The summed E-state index contributed by atoms with van der Waals surface area (Å²) in [5.41, 5.74) is 0. The van der Waals surface area contributed by atoms with Crippen LogP contribution in [0.4, 0.5) is 0 Å². The van der Waals surface area contributed by atoms with Crippen LogP contribution in [0.3, 0.4) is 0 Å². The smallest absolute Gasteiger partial charge is 0.239 e. The molecule has 0 bridgehead atoms. The zero-order chi connectivity index (χ0) is 9.35. The summed E-state index contributed by atoms with van der Waals surface area (Å²) in [7, 11) is 0. The maximum atomic E-state index is 11.8. The highest BCUT2D eigenvalue weighted by Crippen LogP contribution is 2.25. The number of rotatable bonds is 1. The van der Waals surface area contributed by atoms with Crippen LogP contribution in [0.15, 0.2) is 0 Å². The minimum atomic E-state index is -0.397. The van der Waals surface area contributed by atoms with E-state index in [2.05, 4.69) is 22.9 Å². The number of hydrogen-bond acceptors (Lipinski definition) is 1. The number of alkyl halides is 1. The summed E-state index contributed by atoms with van der Waals surface area (Å²) >= 11 is 3.39. The predicted molar refractivity (Wildman–Crippen MR) is 53.4 cm³/mol. The molecule has 1 aliphatic heterocycles. The molecule has 1 rings (SSSR count). The van der Waals surface area contributed by atoms with Crippen molar-refractivity contribution < 1.29 is 4.79 Å². The third-order valence-corrected chi connectivity index (χ3v) is 2.66. The number of amides is 1. The highest BCUT2D eigenvalue weighted by Gasteiger charge is 2.33. The van der Waals surface area contributed by atoms with Crippen LogP contribution in [-0.4, -0.2) is 27.7 Å². The lowest BCUT2D eigenvalue weighted by atomic mass is 10.1. The van der Waals surface area contributed by atoms with E-state index in [1.807, 2.05) is 18.7 Å². The lowest BCUT2D eigenvalue weighted by Crippen LogP contribution is -2.43. The normalized spacial score (nSPS) is 24.7. The molecule has 0 aromatic heterocycles. The fourth-order valence-electron chi connectivity index (χ4n) is 1.58. The summed E-state index contributed by atoms with van der Waals surface area (Å²) in [5, 5.41) is 0. The van der Waals surface area contributed by atoms with E-state index >= 15 is 0 Å². The molecule has 3 heteroatoms. The van der Waals surface area contributed by atoms with Gasteiger partial charge in [-0.3, -0.25) is 4.79 Å². The first-order valence-electron chi connectivity index (χ1n) is 4.43. The second-order valence-corrected chi connectivity index (χ2v) is 5.94. The lowest BCUT2D eigenvalue weighted by Gasteiger charge is -2.27. The zero-order valence-electron chi connectivity index (χ0n) is 7.93. The Morgan fingerprint density at radius 3 is 2.50 bits per heavy atom. The van der Waals surface area contributed by atoms with Gasteiger partial charge in [0.15, 0.2) is 0 Å². The number of carbonyl (C=O) groups excluding carboxylic acids is 1. The Morgan fingerprint density at radius 1 is 1.58 bits per heavy atom. The Morgan fingerprint density at radius 2 is 2.17 bits per heavy atom. The first-order chi connectivity index (χ1) is 5.43. The maximum absolute atomic E-state index is 11.8. The fraction of sp³-hybridized carbons (Fsp3) is 0.889. The zero-order valence-corrected chi connectivity index (χ0v) is 9.52. The standard InChI is InChI=1S/C9H16BrNO/c1-7-5-4-6-11(7)8(12)9(2,3)10/h7H,4-6H2,1-3H3. The minimum Gasteiger partial charge on any atom is -0.339 e. The molecule has 1 aliphatic rings. The number of halogens is 1. The first-order valence-corrected chi connectivity index (χ1v) is 5.22. The Balaban J connectivity index is 2.64. The first kappa shape index (κ1) is 10.0. The van der Waals surface area contributed by atoms with Crippen molar-refractivity contribution in [1.29, 1.82) is 0 Å². The van der Waals surface area contributed by atoms with Gasteiger partial charge in [0.05, 0.1) is 4.32 Å². The highest BCUT2D eigenvalue weighted by molar-refractivity contribution is 9.10. The molecule has 0 saturated carbocycles. The van der Waals surface area contributed by atoms with Crippen molar-refractivity contribution in [2.75, 3.05) is 6.54 Å². The quantitative estimate of drug-likeness (QED) is 0.637. The number of nitrogens with zero attached hydrogens (tertiary/aromatic N) is 1. The van der Waals surface area contributed by atoms with Gasteiger partial charge < -0.3 is 4.90 Å². The number of likely N-dealkylation sites (tertiary alicyclic amines) is 1. The van der Waals surface area contributed by atoms with Crippen LogP contribution >= 0.6 is 15.9 Å². The molecule has 0 N–H and O–H groups in total. The van der Waals surface area contributed by atoms with Crippen LogP contribution < -0.4 is 0 Å². The van der Waals surface area contributed by atoms with Crippen molar-refractivity contribution >= 4 is 21.8 Å². The van der Waals surface area contributed by atoms with Crippen LogP contribution in [0.1, 0.15) is 33.6 Å². The Bertz CT molecular complexity index is 185. The molecule has 70 valence electrons. The molecule has 0 aromatic carbocycles. The maximum Gasteiger partial charge on any atom is 0.239 e. The van der Waals surface area contributed by atoms with E-state index in [1.54, 1.807) is 0 Å². The third-order valence-electron chi connectivity index (χ3n) is 2.32. The van der Waals surface area contributed by atoms with Gasteiger partial charge in [-0.1, -0.05) is 15.9 Å². The second kappa shape index (κ2) is 3.36. The molecule has 1 unspecified atom stereocenters. The molecular formula is C9H16BrNO. The van der Waals surface area contributed by atoms with E-state index in [1.165, 1.54) is 0 Å². The van der Waals surface area contributed by atoms with E-state index in [0.29, 0.717) is 6.04 Å². The summed E-state index contributed by atoms with van der Waals surface area (Å²) in [6.07, 6.45) is 2.30. The second-order valence-electron chi connectivity index (χ2n) is 3.96. The molecule has 0 aliphatic carbocycles. The van der Waals surface area contributed by atoms with E-state index in [0.717, 1.165) is 19.4 Å². The molecular weight excluding hydrogens is 218 g/mol. The van der Waals surface area contributed by atoms with Gasteiger partial charge in [0, 0.05) is 12.6 Å². The Labute approximate surface area is 82.4 Å². The summed E-state index contributed by atoms with van der Waals surface area (Å²) < 4.78 is -0.397. The Kier molecular flexibility index (Phi) is 2.81. The molecule has 1 saturated heterocycles. The van der Waals surface area contributed by atoms with Gasteiger partial charge in [0.1, 0.15) is 0 Å². The van der Waals surface area contributed by atoms with Gasteiger partial charge in [0.2, 0.25) is 5.91 Å². The van der Waals surface area contributed by atoms with Crippen molar-refractivity contribution in [2.24, 2.45) is 0 Å². The average molecular weight is 234 g/mol. The average Bonchev–Trinajstić information content (AvgIpc) is 2.31. The third kappa shape index (κ3) is 2.00. The molecule has 1 amide bonds. The topological polar surface area (TPSA) is 20.3 Å². The van der Waals surface area contributed by atoms with E-state index < -0.39 is 4.32 Å². The van der Waals surface area contributed by atoms with Gasteiger partial charge in [-0.05, 0) is 33.6 Å². The van der Waals surface area contributed by atoms with Crippen molar-refractivity contribution in [3.05, 3.63) is 0 Å². The van der Waals surface area contributed by atoms with E-state index in [9.17, 15) is 4.79 Å². The lowest BCUT2D eigenvalue weighted by molar-refractivity contribution is -0.133. The molecule has 1 heterocycles. The number of carbonyl (C=O) groups is 1. The van der Waals surface area contributed by atoms with Crippen LogP contribution in [0.25, 0.3) is 0 Å². The van der Waals surface area contributed by atoms with Crippen molar-refractivity contribution in [3.8, 4) is 0 Å². The SMILES string of the molecule is CC1CCCN1C(=O)C(C)(C)Br. The Hall–Kier alpha value is -0.0500. The van der Waals surface area contributed by atoms with Crippen LogP contribution in [-0.2, 0) is 4.79 Å². The molecule has 0 aromatic rings. The highest BCUT2D eigenvalue weighted by atomic mass is 79.9. The van der Waals surface area contributed by atoms with Crippen molar-refractivity contribution in [1.82, 2.24) is 4.90 Å².